The first-order valence-corrected chi connectivity index (χ1v) is 6.74. The van der Waals surface area contributed by atoms with Crippen LogP contribution < -0.4 is 5.32 Å². The van der Waals surface area contributed by atoms with Crippen molar-refractivity contribution in [3.05, 3.63) is 0 Å². The Hall–Kier alpha value is -0.280. The molecule has 2 N–H and O–H groups in total. The molecule has 19 heavy (non-hydrogen) atoms. The molecular formula is C12H23NO6. The van der Waals surface area contributed by atoms with Gasteiger partial charge in [-0.15, -0.1) is 0 Å². The molecule has 112 valence electrons. The van der Waals surface area contributed by atoms with Crippen LogP contribution in [0.5, 0.6) is 0 Å². The lowest BCUT2D eigenvalue weighted by Gasteiger charge is -2.16. The van der Waals surface area contributed by atoms with E-state index in [9.17, 15) is 5.11 Å². The van der Waals surface area contributed by atoms with Gasteiger partial charge in [-0.25, -0.2) is 0 Å². The van der Waals surface area contributed by atoms with Crippen molar-refractivity contribution in [3.63, 3.8) is 0 Å². The molecule has 7 heteroatoms. The summed E-state index contributed by atoms with van der Waals surface area (Å²) in [5, 5.41) is 12.3. The van der Waals surface area contributed by atoms with E-state index in [1.807, 2.05) is 0 Å². The van der Waals surface area contributed by atoms with Gasteiger partial charge in [0.1, 0.15) is 12.3 Å². The largest absolute Gasteiger partial charge is 0.377 e. The molecule has 0 amide bonds. The molecule has 2 fully saturated rings. The zero-order chi connectivity index (χ0) is 13.3. The number of nitrogens with one attached hydrogen (secondary N) is 1. The third kappa shape index (κ3) is 6.13. The smallest absolute Gasteiger partial charge is 0.123 e. The SMILES string of the molecule is OC1NC1C1COCCOCCOCCOCCO1. The van der Waals surface area contributed by atoms with Crippen molar-refractivity contribution in [1.82, 2.24) is 5.32 Å². The maximum atomic E-state index is 9.37. The first-order valence-electron chi connectivity index (χ1n) is 6.74. The van der Waals surface area contributed by atoms with Crippen molar-refractivity contribution in [2.45, 2.75) is 18.4 Å². The van der Waals surface area contributed by atoms with Crippen LogP contribution in [0, 0.1) is 0 Å². The summed E-state index contributed by atoms with van der Waals surface area (Å²) in [6.45, 7) is 4.73. The Balaban J connectivity index is 1.68. The summed E-state index contributed by atoms with van der Waals surface area (Å²) in [6, 6.07) is -0.0417. The van der Waals surface area contributed by atoms with Crippen LogP contribution in [0.4, 0.5) is 0 Å². The van der Waals surface area contributed by atoms with E-state index < -0.39 is 6.23 Å². The second kappa shape index (κ2) is 8.80. The molecule has 0 saturated carbocycles. The van der Waals surface area contributed by atoms with E-state index in [0.717, 1.165) is 0 Å². The van der Waals surface area contributed by atoms with Crippen LogP contribution >= 0.6 is 0 Å². The molecule has 2 heterocycles. The van der Waals surface area contributed by atoms with E-state index in [4.69, 9.17) is 23.7 Å². The van der Waals surface area contributed by atoms with E-state index in [1.54, 1.807) is 0 Å². The van der Waals surface area contributed by atoms with Crippen LogP contribution in [0.3, 0.4) is 0 Å². The molecule has 3 unspecified atom stereocenters. The van der Waals surface area contributed by atoms with Crippen LogP contribution in [0.1, 0.15) is 0 Å². The number of aliphatic hydroxyl groups is 1. The van der Waals surface area contributed by atoms with Crippen LogP contribution in [0.15, 0.2) is 0 Å². The minimum Gasteiger partial charge on any atom is -0.377 e. The second-order valence-corrected chi connectivity index (χ2v) is 4.46. The minimum atomic E-state index is -0.485. The molecule has 0 radical (unpaired) electrons. The molecule has 2 rings (SSSR count). The first-order chi connectivity index (χ1) is 9.38. The van der Waals surface area contributed by atoms with Gasteiger partial charge >= 0.3 is 0 Å². The molecule has 2 saturated heterocycles. The van der Waals surface area contributed by atoms with Gasteiger partial charge in [-0.05, 0) is 0 Å². The summed E-state index contributed by atoms with van der Waals surface area (Å²) in [5.74, 6) is 0. The van der Waals surface area contributed by atoms with Gasteiger partial charge in [-0.3, -0.25) is 5.32 Å². The van der Waals surface area contributed by atoms with Gasteiger partial charge < -0.3 is 28.8 Å². The van der Waals surface area contributed by atoms with Gasteiger partial charge in [0, 0.05) is 0 Å². The highest BCUT2D eigenvalue weighted by Crippen LogP contribution is 2.15. The van der Waals surface area contributed by atoms with E-state index in [1.165, 1.54) is 0 Å². The first kappa shape index (κ1) is 15.1. The third-order valence-electron chi connectivity index (χ3n) is 2.95. The fraction of sp³-hybridized carbons (Fsp3) is 1.00. The maximum Gasteiger partial charge on any atom is 0.123 e. The zero-order valence-corrected chi connectivity index (χ0v) is 11.1. The van der Waals surface area contributed by atoms with Gasteiger partial charge in [0.2, 0.25) is 0 Å². The molecule has 0 spiro atoms. The van der Waals surface area contributed by atoms with Gasteiger partial charge in [0.25, 0.3) is 0 Å². The van der Waals surface area contributed by atoms with E-state index in [-0.39, 0.29) is 12.1 Å². The molecule has 0 aromatic heterocycles. The summed E-state index contributed by atoms with van der Waals surface area (Å²) >= 11 is 0. The molecular weight excluding hydrogens is 254 g/mol. The van der Waals surface area contributed by atoms with Crippen molar-refractivity contribution in [3.8, 4) is 0 Å². The summed E-state index contributed by atoms with van der Waals surface area (Å²) in [4.78, 5) is 0. The van der Waals surface area contributed by atoms with Crippen molar-refractivity contribution < 1.29 is 28.8 Å². The Morgan fingerprint density at radius 3 is 1.74 bits per heavy atom. The number of aliphatic hydroxyl groups excluding tert-OH is 1. The monoisotopic (exact) mass is 277 g/mol. The van der Waals surface area contributed by atoms with Crippen LogP contribution in [0.25, 0.3) is 0 Å². The third-order valence-corrected chi connectivity index (χ3v) is 2.95. The summed E-state index contributed by atoms with van der Waals surface area (Å²) in [6.07, 6.45) is -0.638. The Morgan fingerprint density at radius 1 is 0.737 bits per heavy atom. The highest BCUT2D eigenvalue weighted by Gasteiger charge is 2.41. The van der Waals surface area contributed by atoms with E-state index in [2.05, 4.69) is 5.32 Å². The van der Waals surface area contributed by atoms with Gasteiger partial charge in [-0.2, -0.15) is 0 Å². The molecule has 0 bridgehead atoms. The fourth-order valence-corrected chi connectivity index (χ4v) is 1.83. The normalized spacial score (nSPS) is 36.2. The lowest BCUT2D eigenvalue weighted by molar-refractivity contribution is -0.0490. The number of hydrogen-bond donors (Lipinski definition) is 2. The van der Waals surface area contributed by atoms with Gasteiger partial charge in [0.15, 0.2) is 0 Å². The average Bonchev–Trinajstić information content (AvgIpc) is 3.13. The second-order valence-electron chi connectivity index (χ2n) is 4.46. The minimum absolute atomic E-state index is 0.0417. The molecule has 0 aliphatic carbocycles. The zero-order valence-electron chi connectivity index (χ0n) is 11.1. The van der Waals surface area contributed by atoms with Crippen molar-refractivity contribution in [1.29, 1.82) is 0 Å². The van der Waals surface area contributed by atoms with Crippen molar-refractivity contribution in [2.75, 3.05) is 59.5 Å². The summed E-state index contributed by atoms with van der Waals surface area (Å²) < 4.78 is 27.2. The number of ether oxygens (including phenoxy) is 5. The van der Waals surface area contributed by atoms with Gasteiger partial charge in [-0.1, -0.05) is 0 Å². The lowest BCUT2D eigenvalue weighted by Crippen LogP contribution is -2.30. The standard InChI is InChI=1S/C12H23NO6/c14-12-11(13-12)10-9-18-6-5-16-2-1-15-3-4-17-7-8-19-10/h10-14H,1-9H2. The summed E-state index contributed by atoms with van der Waals surface area (Å²) in [7, 11) is 0. The highest BCUT2D eigenvalue weighted by atomic mass is 16.6. The van der Waals surface area contributed by atoms with E-state index in [0.29, 0.717) is 59.5 Å². The van der Waals surface area contributed by atoms with Crippen molar-refractivity contribution >= 4 is 0 Å². The van der Waals surface area contributed by atoms with Gasteiger partial charge in [0.05, 0.1) is 65.5 Å². The quantitative estimate of drug-likeness (QED) is 0.578. The van der Waals surface area contributed by atoms with Crippen LogP contribution in [-0.4, -0.2) is 82.9 Å². The predicted octanol–water partition coefficient (Wildman–Crippen LogP) is -1.26. The fourth-order valence-electron chi connectivity index (χ4n) is 1.83. The van der Waals surface area contributed by atoms with E-state index >= 15 is 0 Å². The predicted molar refractivity (Wildman–Crippen MR) is 65.9 cm³/mol. The maximum absolute atomic E-state index is 9.37. The van der Waals surface area contributed by atoms with Crippen LogP contribution in [-0.2, 0) is 23.7 Å². The highest BCUT2D eigenvalue weighted by molar-refractivity contribution is 4.96. The molecule has 0 aromatic carbocycles. The molecule has 2 aliphatic heterocycles. The molecule has 2 aliphatic rings. The van der Waals surface area contributed by atoms with Crippen LogP contribution in [0.2, 0.25) is 0 Å². The number of rotatable bonds is 1. The Morgan fingerprint density at radius 2 is 1.21 bits per heavy atom. The Kier molecular flexibility index (Phi) is 7.00. The average molecular weight is 277 g/mol. The Labute approximate surface area is 113 Å². The topological polar surface area (TPSA) is 88.3 Å². The lowest BCUT2D eigenvalue weighted by atomic mass is 10.2. The number of hydrogen-bond acceptors (Lipinski definition) is 7. The van der Waals surface area contributed by atoms with Crippen molar-refractivity contribution in [2.24, 2.45) is 0 Å². The molecule has 3 atom stereocenters. The Bertz CT molecular complexity index is 226. The molecule has 0 aromatic rings. The molecule has 7 nitrogen and oxygen atoms in total. The summed E-state index contributed by atoms with van der Waals surface area (Å²) in [5.41, 5.74) is 0.